The van der Waals surface area contributed by atoms with Crippen molar-refractivity contribution in [2.45, 2.75) is 0 Å². The average molecular weight is 839 g/mol. The molecule has 8 nitrogen and oxygen atoms in total. The lowest BCUT2D eigenvalue weighted by Crippen LogP contribution is -2.01. The minimum atomic E-state index is 0.431. The van der Waals surface area contributed by atoms with Gasteiger partial charge in [0.2, 0.25) is 0 Å². The summed E-state index contributed by atoms with van der Waals surface area (Å²) in [6.45, 7) is 0. The second-order valence-electron chi connectivity index (χ2n) is 15.9. The topological polar surface area (TPSA) is 142 Å². The highest BCUT2D eigenvalue weighted by molar-refractivity contribution is 6.12. The minimum absolute atomic E-state index is 0.431. The summed E-state index contributed by atoms with van der Waals surface area (Å²) in [5.41, 5.74) is 14.6. The van der Waals surface area contributed by atoms with Crippen LogP contribution in [0.25, 0.3) is 99.5 Å². The molecule has 302 valence electrons. The number of aromatic nitrogens is 3. The van der Waals surface area contributed by atoms with Gasteiger partial charge >= 0.3 is 0 Å². The maximum absolute atomic E-state index is 10.5. The minimum Gasteiger partial charge on any atom is -0.309 e. The van der Waals surface area contributed by atoms with Gasteiger partial charge in [0.25, 0.3) is 0 Å². The highest BCUT2D eigenvalue weighted by atomic mass is 15.0. The summed E-state index contributed by atoms with van der Waals surface area (Å²) in [5, 5.41) is 53.7. The third-order valence-corrected chi connectivity index (χ3v) is 12.4. The monoisotopic (exact) mass is 838 g/mol. The van der Waals surface area contributed by atoms with E-state index in [0.717, 1.165) is 99.5 Å². The lowest BCUT2D eigenvalue weighted by Gasteiger charge is -2.18. The first kappa shape index (κ1) is 38.9. The summed E-state index contributed by atoms with van der Waals surface area (Å²) >= 11 is 0. The fourth-order valence-electron chi connectivity index (χ4n) is 9.45. The number of hydrogen-bond acceptors (Lipinski definition) is 6. The molecule has 0 aliphatic carbocycles. The smallest absolute Gasteiger partial charge is 0.0998 e. The van der Waals surface area contributed by atoms with Crippen molar-refractivity contribution in [1.82, 2.24) is 14.1 Å². The highest BCUT2D eigenvalue weighted by Crippen LogP contribution is 2.43. The van der Waals surface area contributed by atoms with Gasteiger partial charge in [0.1, 0.15) is 0 Å². The fraction of sp³-hybridized carbons (Fsp3) is 0. The third-order valence-electron chi connectivity index (χ3n) is 12.4. The van der Waals surface area contributed by atoms with Crippen LogP contribution < -0.4 is 0 Å². The van der Waals surface area contributed by atoms with E-state index in [9.17, 15) is 26.3 Å². The molecule has 0 bridgehead atoms. The van der Waals surface area contributed by atoms with Gasteiger partial charge in [-0.15, -0.1) is 0 Å². The van der Waals surface area contributed by atoms with Crippen LogP contribution in [0, 0.1) is 56.7 Å². The number of benzene rings is 8. The molecule has 0 saturated heterocycles. The highest BCUT2D eigenvalue weighted by Gasteiger charge is 2.22. The molecule has 66 heavy (non-hydrogen) atoms. The van der Waals surface area contributed by atoms with Gasteiger partial charge in [-0.05, 0) is 113 Å². The number of rotatable bonds is 6. The van der Waals surface area contributed by atoms with E-state index in [1.807, 2.05) is 85.1 Å². The van der Waals surface area contributed by atoms with E-state index in [4.69, 9.17) is 0 Å². The first-order chi connectivity index (χ1) is 32.5. The maximum atomic E-state index is 10.5. The molecule has 0 aliphatic heterocycles. The van der Waals surface area contributed by atoms with Crippen molar-refractivity contribution < 1.29 is 0 Å². The van der Waals surface area contributed by atoms with Crippen LogP contribution in [-0.4, -0.2) is 14.1 Å². The zero-order valence-corrected chi connectivity index (χ0v) is 34.9. The van der Waals surface area contributed by atoms with Crippen molar-refractivity contribution in [2.24, 2.45) is 0 Å². The number of hydrogen-bond donors (Lipinski definition) is 0. The van der Waals surface area contributed by atoms with Crippen LogP contribution in [0.5, 0.6) is 0 Å². The molecule has 3 heterocycles. The molecule has 8 aromatic carbocycles. The first-order valence-electron chi connectivity index (χ1n) is 21.1. The number of fused-ring (bicyclic) bond motifs is 6. The van der Waals surface area contributed by atoms with E-state index < -0.39 is 0 Å². The standard InChI is InChI=1S/C58H30N8/c59-30-36-13-18-44(42(25-36)33-62)38-15-20-56-50(27-38)47-9-3-5-11-53(47)65(56)55-22-17-40(29-49(55)46-8-2-1-7-41(46)32-61)52-35-64-24-23-58(52)66-54-12-6-4-10-48(54)51-28-39(16-21-57(51)66)45-19-14-37(31-60)26-43(45)34-63/h1-29,35H. The van der Waals surface area contributed by atoms with E-state index in [2.05, 4.69) is 111 Å². The second-order valence-corrected chi connectivity index (χ2v) is 15.9. The molecule has 0 atom stereocenters. The van der Waals surface area contributed by atoms with E-state index in [0.29, 0.717) is 27.8 Å². The molecule has 0 saturated carbocycles. The van der Waals surface area contributed by atoms with Gasteiger partial charge in [-0.25, -0.2) is 0 Å². The molecular formula is C58H30N8. The number of para-hydroxylation sites is 2. The Kier molecular flexibility index (Phi) is 9.24. The van der Waals surface area contributed by atoms with Crippen LogP contribution in [0.4, 0.5) is 0 Å². The van der Waals surface area contributed by atoms with Crippen LogP contribution in [0.2, 0.25) is 0 Å². The largest absolute Gasteiger partial charge is 0.309 e. The SMILES string of the molecule is N#Cc1ccc(-c2ccc3c(c2)c2ccccc2n3-c2ccncc2-c2ccc(-n3c4ccccc4c4cc(-c5ccc(C#N)cc5C#N)ccc43)c(-c3ccccc3C#N)c2)c(C#N)c1. The lowest BCUT2D eigenvalue weighted by molar-refractivity contribution is 1.15. The van der Waals surface area contributed by atoms with Gasteiger partial charge in [-0.3, -0.25) is 4.98 Å². The molecule has 11 aromatic rings. The van der Waals surface area contributed by atoms with Gasteiger partial charge < -0.3 is 9.13 Å². The van der Waals surface area contributed by atoms with Gasteiger partial charge in [0, 0.05) is 50.6 Å². The Morgan fingerprint density at radius 3 is 1.38 bits per heavy atom. The Labute approximate surface area is 378 Å². The predicted octanol–water partition coefficient (Wildman–Crippen LogP) is 13.3. The molecule has 0 amide bonds. The van der Waals surface area contributed by atoms with Crippen molar-refractivity contribution in [1.29, 1.82) is 26.3 Å². The molecular weight excluding hydrogens is 809 g/mol. The molecule has 3 aromatic heterocycles. The molecule has 8 heteroatoms. The van der Waals surface area contributed by atoms with Crippen LogP contribution in [0.3, 0.4) is 0 Å². The van der Waals surface area contributed by atoms with Crippen molar-refractivity contribution in [2.75, 3.05) is 0 Å². The van der Waals surface area contributed by atoms with Crippen LogP contribution in [0.1, 0.15) is 27.8 Å². The van der Waals surface area contributed by atoms with E-state index in [1.54, 1.807) is 30.5 Å². The molecule has 11 rings (SSSR count). The van der Waals surface area contributed by atoms with Crippen LogP contribution >= 0.6 is 0 Å². The Bertz CT molecular complexity index is 4080. The number of pyridine rings is 1. The zero-order valence-electron chi connectivity index (χ0n) is 34.9. The Hall–Kier alpha value is -10.0. The zero-order chi connectivity index (χ0) is 44.9. The Morgan fingerprint density at radius 1 is 0.333 bits per heavy atom. The predicted molar refractivity (Wildman–Crippen MR) is 258 cm³/mol. The average Bonchev–Trinajstić information content (AvgIpc) is 3.90. The van der Waals surface area contributed by atoms with E-state index >= 15 is 0 Å². The quantitative estimate of drug-likeness (QED) is 0.163. The molecule has 0 radical (unpaired) electrons. The van der Waals surface area contributed by atoms with Gasteiger partial charge in [-0.1, -0.05) is 84.9 Å². The normalized spacial score (nSPS) is 11.0. The second kappa shape index (κ2) is 15.7. The Balaban J connectivity index is 1.12. The Morgan fingerprint density at radius 2 is 0.818 bits per heavy atom. The summed E-state index contributed by atoms with van der Waals surface area (Å²) in [4.78, 5) is 4.66. The van der Waals surface area contributed by atoms with Crippen LogP contribution in [0.15, 0.2) is 182 Å². The summed E-state index contributed by atoms with van der Waals surface area (Å²) in [6, 6.07) is 66.7. The molecule has 0 fully saturated rings. The summed E-state index contributed by atoms with van der Waals surface area (Å²) < 4.78 is 4.49. The van der Waals surface area contributed by atoms with E-state index in [-0.39, 0.29) is 0 Å². The van der Waals surface area contributed by atoms with E-state index in [1.165, 1.54) is 0 Å². The molecule has 0 aliphatic rings. The lowest BCUT2D eigenvalue weighted by atomic mass is 9.94. The first-order valence-corrected chi connectivity index (χ1v) is 21.1. The summed E-state index contributed by atoms with van der Waals surface area (Å²) in [7, 11) is 0. The summed E-state index contributed by atoms with van der Waals surface area (Å²) in [5.74, 6) is 0. The third kappa shape index (κ3) is 6.14. The molecule has 0 unspecified atom stereocenters. The number of nitrogens with zero attached hydrogens (tertiary/aromatic N) is 8. The van der Waals surface area contributed by atoms with Gasteiger partial charge in [0.15, 0.2) is 0 Å². The maximum Gasteiger partial charge on any atom is 0.0998 e. The fourth-order valence-corrected chi connectivity index (χ4v) is 9.45. The van der Waals surface area contributed by atoms with Crippen molar-refractivity contribution in [3.8, 4) is 86.2 Å². The van der Waals surface area contributed by atoms with Gasteiger partial charge in [0.05, 0.1) is 91.6 Å². The van der Waals surface area contributed by atoms with Crippen molar-refractivity contribution in [3.63, 3.8) is 0 Å². The molecule has 0 spiro atoms. The van der Waals surface area contributed by atoms with Crippen LogP contribution in [-0.2, 0) is 0 Å². The van der Waals surface area contributed by atoms with Gasteiger partial charge in [-0.2, -0.15) is 26.3 Å². The number of nitriles is 5. The summed E-state index contributed by atoms with van der Waals surface area (Å²) in [6.07, 6.45) is 3.68. The molecule has 0 N–H and O–H groups in total. The van der Waals surface area contributed by atoms with Crippen molar-refractivity contribution in [3.05, 3.63) is 210 Å². The van der Waals surface area contributed by atoms with Crippen molar-refractivity contribution >= 4 is 43.6 Å².